The van der Waals surface area contributed by atoms with Crippen molar-refractivity contribution in [2.24, 2.45) is 7.05 Å². The Balaban J connectivity index is 1.66. The van der Waals surface area contributed by atoms with E-state index in [1.54, 1.807) is 33.8 Å². The summed E-state index contributed by atoms with van der Waals surface area (Å²) in [7, 11) is 5.11. The monoisotopic (exact) mass is 370 g/mol. The standard InChI is InChI=1S/C19H22N4O4/c1-21-8-13(7-20-21)12-4-5-14-16(6-12)27-17-10-23(18(24)11-26-3)9-15(17)22(2)19(14)25/h4-8,15,17H,9-11H2,1-3H3/t15-,17+/m1/s1. The van der Waals surface area contributed by atoms with Gasteiger partial charge in [0.2, 0.25) is 5.91 Å². The van der Waals surface area contributed by atoms with E-state index in [1.165, 1.54) is 7.11 Å². The van der Waals surface area contributed by atoms with E-state index in [1.807, 2.05) is 25.4 Å². The highest BCUT2D eigenvalue weighted by Gasteiger charge is 2.43. The van der Waals surface area contributed by atoms with Gasteiger partial charge in [-0.15, -0.1) is 0 Å². The van der Waals surface area contributed by atoms with Crippen LogP contribution in [0.1, 0.15) is 10.4 Å². The molecule has 0 bridgehead atoms. The fourth-order valence-electron chi connectivity index (χ4n) is 3.71. The first-order valence-corrected chi connectivity index (χ1v) is 8.81. The van der Waals surface area contributed by atoms with Crippen molar-refractivity contribution in [2.75, 3.05) is 33.9 Å². The Morgan fingerprint density at radius 1 is 1.30 bits per heavy atom. The maximum Gasteiger partial charge on any atom is 0.257 e. The number of hydrogen-bond donors (Lipinski definition) is 0. The normalized spacial score (nSPS) is 21.5. The van der Waals surface area contributed by atoms with Crippen molar-refractivity contribution < 1.29 is 19.1 Å². The number of nitrogens with zero attached hydrogens (tertiary/aromatic N) is 4. The van der Waals surface area contributed by atoms with Crippen LogP contribution < -0.4 is 4.74 Å². The number of amides is 2. The van der Waals surface area contributed by atoms with Crippen LogP contribution in [0.25, 0.3) is 11.1 Å². The van der Waals surface area contributed by atoms with Gasteiger partial charge in [0.05, 0.1) is 24.3 Å². The van der Waals surface area contributed by atoms with Crippen LogP contribution in [0, 0.1) is 0 Å². The lowest BCUT2D eigenvalue weighted by Crippen LogP contribution is -2.44. The number of carbonyl (C=O) groups is 2. The van der Waals surface area contributed by atoms with Crippen LogP contribution in [0.5, 0.6) is 5.75 Å². The van der Waals surface area contributed by atoms with E-state index >= 15 is 0 Å². The first kappa shape index (κ1) is 17.5. The van der Waals surface area contributed by atoms with E-state index in [-0.39, 0.29) is 30.6 Å². The third-order valence-corrected chi connectivity index (χ3v) is 5.20. The van der Waals surface area contributed by atoms with Crippen LogP contribution in [0.3, 0.4) is 0 Å². The van der Waals surface area contributed by atoms with Gasteiger partial charge in [-0.3, -0.25) is 14.3 Å². The number of ether oxygens (including phenoxy) is 2. The summed E-state index contributed by atoms with van der Waals surface area (Å²) in [6, 6.07) is 5.39. The average Bonchev–Trinajstić information content (AvgIpc) is 3.25. The van der Waals surface area contributed by atoms with Gasteiger partial charge in [-0.1, -0.05) is 6.07 Å². The number of rotatable bonds is 3. The summed E-state index contributed by atoms with van der Waals surface area (Å²) in [5.74, 6) is 0.345. The molecule has 0 unspecified atom stereocenters. The Morgan fingerprint density at radius 2 is 2.11 bits per heavy atom. The predicted molar refractivity (Wildman–Crippen MR) is 97.4 cm³/mol. The van der Waals surface area contributed by atoms with Gasteiger partial charge in [0, 0.05) is 39.5 Å². The maximum absolute atomic E-state index is 12.9. The molecule has 2 aromatic rings. The summed E-state index contributed by atoms with van der Waals surface area (Å²) < 4.78 is 12.9. The molecule has 0 radical (unpaired) electrons. The SMILES string of the molecule is COCC(=O)N1C[C@@H]2Oc3cc(-c4cnn(C)c4)ccc3C(=O)N(C)[C@@H]2C1. The van der Waals surface area contributed by atoms with Gasteiger partial charge in [0.15, 0.2) is 0 Å². The highest BCUT2D eigenvalue weighted by Crippen LogP contribution is 2.34. The molecule has 8 nitrogen and oxygen atoms in total. The molecular weight excluding hydrogens is 348 g/mol. The summed E-state index contributed by atoms with van der Waals surface area (Å²) in [5.41, 5.74) is 2.42. The van der Waals surface area contributed by atoms with Crippen molar-refractivity contribution in [3.63, 3.8) is 0 Å². The zero-order valence-electron chi connectivity index (χ0n) is 15.6. The highest BCUT2D eigenvalue weighted by atomic mass is 16.5. The minimum atomic E-state index is -0.273. The fraction of sp³-hybridized carbons (Fsp3) is 0.421. The molecule has 3 heterocycles. The Bertz CT molecular complexity index is 894. The average molecular weight is 370 g/mol. The lowest BCUT2D eigenvalue weighted by Gasteiger charge is -2.24. The smallest absolute Gasteiger partial charge is 0.257 e. The van der Waals surface area contributed by atoms with Gasteiger partial charge in [0.1, 0.15) is 18.5 Å². The zero-order chi connectivity index (χ0) is 19.1. The molecule has 1 fully saturated rings. The van der Waals surface area contributed by atoms with Crippen LogP contribution in [-0.2, 0) is 16.6 Å². The second kappa shape index (κ2) is 6.70. The van der Waals surface area contributed by atoms with E-state index in [9.17, 15) is 9.59 Å². The Morgan fingerprint density at radius 3 is 2.81 bits per heavy atom. The van der Waals surface area contributed by atoms with E-state index in [0.717, 1.165) is 11.1 Å². The predicted octanol–water partition coefficient (Wildman–Crippen LogP) is 0.777. The van der Waals surface area contributed by atoms with Crippen molar-refractivity contribution >= 4 is 11.8 Å². The molecule has 1 aromatic carbocycles. The van der Waals surface area contributed by atoms with E-state index in [0.29, 0.717) is 24.4 Å². The van der Waals surface area contributed by atoms with Crippen LogP contribution in [0.15, 0.2) is 30.6 Å². The van der Waals surface area contributed by atoms with E-state index < -0.39 is 0 Å². The number of aryl methyl sites for hydroxylation is 1. The van der Waals surface area contributed by atoms with Crippen molar-refractivity contribution in [2.45, 2.75) is 12.1 Å². The van der Waals surface area contributed by atoms with Crippen LogP contribution in [-0.4, -0.2) is 77.4 Å². The molecule has 0 saturated carbocycles. The van der Waals surface area contributed by atoms with Gasteiger partial charge in [0.25, 0.3) is 5.91 Å². The first-order valence-electron chi connectivity index (χ1n) is 8.81. The van der Waals surface area contributed by atoms with Gasteiger partial charge >= 0.3 is 0 Å². The molecule has 0 aliphatic carbocycles. The summed E-state index contributed by atoms with van der Waals surface area (Å²) >= 11 is 0. The van der Waals surface area contributed by atoms with Crippen molar-refractivity contribution in [1.82, 2.24) is 19.6 Å². The van der Waals surface area contributed by atoms with Crippen LogP contribution >= 0.6 is 0 Å². The maximum atomic E-state index is 12.9. The third kappa shape index (κ3) is 3.06. The van der Waals surface area contributed by atoms with Crippen LogP contribution in [0.2, 0.25) is 0 Å². The van der Waals surface area contributed by atoms with Crippen molar-refractivity contribution in [3.05, 3.63) is 36.2 Å². The number of benzene rings is 1. The number of likely N-dealkylation sites (N-methyl/N-ethyl adjacent to an activating group) is 1. The number of fused-ring (bicyclic) bond motifs is 2. The number of aromatic nitrogens is 2. The lowest BCUT2D eigenvalue weighted by molar-refractivity contribution is -0.134. The minimum absolute atomic E-state index is 0.0266. The van der Waals surface area contributed by atoms with Crippen LogP contribution in [0.4, 0.5) is 0 Å². The van der Waals surface area contributed by atoms with E-state index in [2.05, 4.69) is 5.10 Å². The molecule has 2 atom stereocenters. The molecule has 1 saturated heterocycles. The number of likely N-dealkylation sites (tertiary alicyclic amines) is 1. The molecule has 1 aromatic heterocycles. The number of hydrogen-bond acceptors (Lipinski definition) is 5. The second-order valence-corrected chi connectivity index (χ2v) is 6.99. The molecule has 142 valence electrons. The Labute approximate surface area is 157 Å². The molecule has 0 spiro atoms. The van der Waals surface area contributed by atoms with Gasteiger partial charge in [-0.25, -0.2) is 0 Å². The summed E-state index contributed by atoms with van der Waals surface area (Å²) in [6.45, 7) is 0.901. The zero-order valence-corrected chi connectivity index (χ0v) is 15.6. The van der Waals surface area contributed by atoms with E-state index in [4.69, 9.17) is 9.47 Å². The molecule has 2 aliphatic rings. The topological polar surface area (TPSA) is 76.9 Å². The van der Waals surface area contributed by atoms with Gasteiger partial charge in [-0.2, -0.15) is 5.10 Å². The first-order chi connectivity index (χ1) is 13.0. The third-order valence-electron chi connectivity index (χ3n) is 5.20. The molecule has 2 aliphatic heterocycles. The molecular formula is C19H22N4O4. The number of methoxy groups -OCH3 is 1. The fourth-order valence-corrected chi connectivity index (χ4v) is 3.71. The van der Waals surface area contributed by atoms with Gasteiger partial charge < -0.3 is 19.3 Å². The quantitative estimate of drug-likeness (QED) is 0.798. The molecule has 0 N–H and O–H groups in total. The molecule has 8 heteroatoms. The molecule has 4 rings (SSSR count). The van der Waals surface area contributed by atoms with Crippen molar-refractivity contribution in [3.8, 4) is 16.9 Å². The number of carbonyl (C=O) groups excluding carboxylic acids is 2. The summed E-state index contributed by atoms with van der Waals surface area (Å²) in [5, 5.41) is 4.20. The van der Waals surface area contributed by atoms with Crippen molar-refractivity contribution in [1.29, 1.82) is 0 Å². The molecule has 27 heavy (non-hydrogen) atoms. The molecule has 2 amide bonds. The highest BCUT2D eigenvalue weighted by molar-refractivity contribution is 5.98. The Hall–Kier alpha value is -2.87. The summed E-state index contributed by atoms with van der Waals surface area (Å²) in [6.07, 6.45) is 3.41. The minimum Gasteiger partial charge on any atom is -0.485 e. The Kier molecular flexibility index (Phi) is 4.35. The summed E-state index contributed by atoms with van der Waals surface area (Å²) in [4.78, 5) is 28.5. The largest absolute Gasteiger partial charge is 0.485 e. The second-order valence-electron chi connectivity index (χ2n) is 6.99. The lowest BCUT2D eigenvalue weighted by atomic mass is 10.1. The van der Waals surface area contributed by atoms with Gasteiger partial charge in [-0.05, 0) is 17.7 Å².